The Bertz CT molecular complexity index is 638. The molecule has 2 rings (SSSR count). The van der Waals surface area contributed by atoms with E-state index in [-0.39, 0.29) is 5.56 Å². The van der Waals surface area contributed by atoms with Gasteiger partial charge in [-0.2, -0.15) is 10.1 Å². The average Bonchev–Trinajstić information content (AvgIpc) is 2.84. The molecule has 0 spiro atoms. The van der Waals surface area contributed by atoms with Crippen LogP contribution >= 0.6 is 0 Å². The highest BCUT2D eigenvalue weighted by molar-refractivity contribution is 5.97. The first-order chi connectivity index (χ1) is 9.04. The van der Waals surface area contributed by atoms with Crippen molar-refractivity contribution in [2.75, 3.05) is 6.61 Å². The quantitative estimate of drug-likeness (QED) is 0.620. The van der Waals surface area contributed by atoms with E-state index in [9.17, 15) is 9.59 Å². The van der Waals surface area contributed by atoms with E-state index in [4.69, 9.17) is 10.2 Å². The molecular formula is C10H11N5O4. The predicted octanol–water partition coefficient (Wildman–Crippen LogP) is -1.39. The summed E-state index contributed by atoms with van der Waals surface area (Å²) in [6.07, 6.45) is 2.58. The second kappa shape index (κ2) is 4.98. The first-order valence-corrected chi connectivity index (χ1v) is 5.34. The number of aliphatic hydroxyl groups is 1. The first kappa shape index (κ1) is 12.9. The van der Waals surface area contributed by atoms with Gasteiger partial charge in [-0.3, -0.25) is 4.79 Å². The zero-order valence-corrected chi connectivity index (χ0v) is 9.94. The van der Waals surface area contributed by atoms with E-state index in [1.54, 1.807) is 6.92 Å². The molecule has 1 unspecified atom stereocenters. The van der Waals surface area contributed by atoms with Gasteiger partial charge in [0.2, 0.25) is 0 Å². The summed E-state index contributed by atoms with van der Waals surface area (Å²) in [6, 6.07) is -1.36. The van der Waals surface area contributed by atoms with Gasteiger partial charge < -0.3 is 15.5 Å². The Morgan fingerprint density at radius 2 is 2.21 bits per heavy atom. The predicted molar refractivity (Wildman–Crippen MR) is 61.5 cm³/mol. The molecule has 2 aromatic rings. The molecule has 100 valence electrons. The van der Waals surface area contributed by atoms with Gasteiger partial charge in [-0.05, 0) is 6.92 Å². The molecule has 0 aliphatic rings. The second-order valence-electron chi connectivity index (χ2n) is 3.78. The highest BCUT2D eigenvalue weighted by Gasteiger charge is 2.21. The lowest BCUT2D eigenvalue weighted by Gasteiger charge is -2.12. The topological polar surface area (TPSA) is 130 Å². The van der Waals surface area contributed by atoms with E-state index in [0.29, 0.717) is 11.5 Å². The number of nitrogens with zero attached hydrogens (tertiary/aromatic N) is 4. The van der Waals surface area contributed by atoms with Gasteiger partial charge >= 0.3 is 5.97 Å². The molecule has 2 aromatic heterocycles. The standard InChI is InChI=1S/C10H11N5O4/c1-5-6(2-11-10-12-4-13-15(5)10)8(17)14-7(3-16)9(18)19/h2,4,7,16H,3H2,1H3,(H,14,17)(H,18,19). The number of carboxylic acids is 1. The van der Waals surface area contributed by atoms with Crippen molar-refractivity contribution in [2.45, 2.75) is 13.0 Å². The molecule has 1 atom stereocenters. The maximum Gasteiger partial charge on any atom is 0.328 e. The van der Waals surface area contributed by atoms with Crippen molar-refractivity contribution in [3.63, 3.8) is 0 Å². The monoisotopic (exact) mass is 265 g/mol. The molecule has 9 heteroatoms. The molecule has 0 radical (unpaired) electrons. The van der Waals surface area contributed by atoms with Crippen molar-refractivity contribution in [1.82, 2.24) is 24.9 Å². The van der Waals surface area contributed by atoms with Gasteiger partial charge in [0.15, 0.2) is 6.04 Å². The molecule has 1 amide bonds. The third-order valence-electron chi connectivity index (χ3n) is 2.58. The smallest absolute Gasteiger partial charge is 0.328 e. The molecule has 0 aliphatic carbocycles. The minimum Gasteiger partial charge on any atom is -0.480 e. The van der Waals surface area contributed by atoms with Crippen LogP contribution < -0.4 is 5.32 Å². The molecule has 9 nitrogen and oxygen atoms in total. The van der Waals surface area contributed by atoms with Gasteiger partial charge in [0.1, 0.15) is 6.33 Å². The molecule has 3 N–H and O–H groups in total. The molecule has 0 aliphatic heterocycles. The molecule has 19 heavy (non-hydrogen) atoms. The number of carboxylic acid groups (broad SMARTS) is 1. The van der Waals surface area contributed by atoms with Gasteiger partial charge in [-0.25, -0.2) is 14.3 Å². The minimum absolute atomic E-state index is 0.165. The highest BCUT2D eigenvalue weighted by atomic mass is 16.4. The lowest BCUT2D eigenvalue weighted by molar-refractivity contribution is -0.140. The third kappa shape index (κ3) is 2.36. The molecule has 2 heterocycles. The lowest BCUT2D eigenvalue weighted by Crippen LogP contribution is -2.43. The Balaban J connectivity index is 2.31. The number of aliphatic hydroxyl groups excluding tert-OH is 1. The molecule has 0 saturated heterocycles. The zero-order valence-electron chi connectivity index (χ0n) is 9.94. The normalized spacial score (nSPS) is 12.3. The number of carbonyl (C=O) groups excluding carboxylic acids is 1. The summed E-state index contributed by atoms with van der Waals surface area (Å²) in [5.41, 5.74) is 0.639. The SMILES string of the molecule is Cc1c(C(=O)NC(CO)C(=O)O)cnc2ncnn12. The van der Waals surface area contributed by atoms with Gasteiger partial charge in [0.25, 0.3) is 11.7 Å². The molecule has 0 bridgehead atoms. The van der Waals surface area contributed by atoms with Crippen LogP contribution in [0.1, 0.15) is 16.1 Å². The fourth-order valence-electron chi connectivity index (χ4n) is 1.53. The number of hydrogen-bond donors (Lipinski definition) is 3. The summed E-state index contributed by atoms with van der Waals surface area (Å²) in [5.74, 6) is -1.63. The van der Waals surface area contributed by atoms with E-state index in [1.807, 2.05) is 0 Å². The second-order valence-corrected chi connectivity index (χ2v) is 3.78. The number of aryl methyl sites for hydroxylation is 1. The maximum atomic E-state index is 11.9. The highest BCUT2D eigenvalue weighted by Crippen LogP contribution is 2.07. The Labute approximate surface area is 106 Å². The number of hydrogen-bond acceptors (Lipinski definition) is 6. The Morgan fingerprint density at radius 1 is 1.47 bits per heavy atom. The van der Waals surface area contributed by atoms with Gasteiger partial charge in [0, 0.05) is 6.20 Å². The van der Waals surface area contributed by atoms with E-state index >= 15 is 0 Å². The van der Waals surface area contributed by atoms with Crippen LogP contribution in [-0.4, -0.2) is 54.3 Å². The molecule has 0 fully saturated rings. The third-order valence-corrected chi connectivity index (χ3v) is 2.58. The van der Waals surface area contributed by atoms with E-state index in [2.05, 4.69) is 20.4 Å². The number of aromatic nitrogens is 4. The Hall–Kier alpha value is -2.55. The average molecular weight is 265 g/mol. The largest absolute Gasteiger partial charge is 0.480 e. The zero-order chi connectivity index (χ0) is 14.0. The summed E-state index contributed by atoms with van der Waals surface area (Å²) in [5, 5.41) is 23.7. The molecule has 0 aromatic carbocycles. The molecular weight excluding hydrogens is 254 g/mol. The van der Waals surface area contributed by atoms with Crippen LogP contribution in [0.3, 0.4) is 0 Å². The van der Waals surface area contributed by atoms with Gasteiger partial charge in [-0.15, -0.1) is 0 Å². The number of fused-ring (bicyclic) bond motifs is 1. The summed E-state index contributed by atoms with van der Waals surface area (Å²) >= 11 is 0. The fraction of sp³-hybridized carbons (Fsp3) is 0.300. The maximum absolute atomic E-state index is 11.9. The molecule has 0 saturated carbocycles. The van der Waals surface area contributed by atoms with Crippen molar-refractivity contribution in [3.8, 4) is 0 Å². The van der Waals surface area contributed by atoms with Crippen LogP contribution in [0, 0.1) is 6.92 Å². The Morgan fingerprint density at radius 3 is 2.84 bits per heavy atom. The number of carbonyl (C=O) groups is 2. The van der Waals surface area contributed by atoms with Crippen LogP contribution in [0.4, 0.5) is 0 Å². The van der Waals surface area contributed by atoms with Crippen LogP contribution in [0.15, 0.2) is 12.5 Å². The van der Waals surface area contributed by atoms with Crippen molar-refractivity contribution < 1.29 is 19.8 Å². The van der Waals surface area contributed by atoms with E-state index in [0.717, 1.165) is 0 Å². The summed E-state index contributed by atoms with van der Waals surface area (Å²) < 4.78 is 1.36. The minimum atomic E-state index is -1.36. The van der Waals surface area contributed by atoms with E-state index < -0.39 is 24.5 Å². The lowest BCUT2D eigenvalue weighted by atomic mass is 10.2. The summed E-state index contributed by atoms with van der Waals surface area (Å²) in [4.78, 5) is 30.4. The van der Waals surface area contributed by atoms with Gasteiger partial charge in [0.05, 0.1) is 17.9 Å². The van der Waals surface area contributed by atoms with Crippen LogP contribution in [0.2, 0.25) is 0 Å². The van der Waals surface area contributed by atoms with Crippen molar-refractivity contribution >= 4 is 17.7 Å². The number of rotatable bonds is 4. The summed E-state index contributed by atoms with van der Waals surface area (Å²) in [6.45, 7) is 0.937. The van der Waals surface area contributed by atoms with Crippen molar-refractivity contribution in [3.05, 3.63) is 23.8 Å². The fourth-order valence-corrected chi connectivity index (χ4v) is 1.53. The van der Waals surface area contributed by atoms with Crippen LogP contribution in [-0.2, 0) is 4.79 Å². The van der Waals surface area contributed by atoms with Gasteiger partial charge in [-0.1, -0.05) is 0 Å². The first-order valence-electron chi connectivity index (χ1n) is 5.34. The number of nitrogens with one attached hydrogen (secondary N) is 1. The van der Waals surface area contributed by atoms with Crippen molar-refractivity contribution in [1.29, 1.82) is 0 Å². The van der Waals surface area contributed by atoms with Crippen molar-refractivity contribution in [2.24, 2.45) is 0 Å². The van der Waals surface area contributed by atoms with E-state index in [1.165, 1.54) is 17.0 Å². The Kier molecular flexibility index (Phi) is 3.38. The van der Waals surface area contributed by atoms with Crippen LogP contribution in [0.25, 0.3) is 5.78 Å². The van der Waals surface area contributed by atoms with Crippen LogP contribution in [0.5, 0.6) is 0 Å². The number of amides is 1. The number of aliphatic carboxylic acids is 1. The summed E-state index contributed by atoms with van der Waals surface area (Å²) in [7, 11) is 0.